The van der Waals surface area contributed by atoms with Crippen molar-refractivity contribution in [3.63, 3.8) is 0 Å². The molecule has 0 spiro atoms. The second kappa shape index (κ2) is 7.73. The van der Waals surface area contributed by atoms with E-state index >= 15 is 0 Å². The van der Waals surface area contributed by atoms with Crippen molar-refractivity contribution in [1.29, 1.82) is 0 Å². The first-order valence-electron chi connectivity index (χ1n) is 6.70. The number of thiocarbonyl (C=S) groups is 1. The Hall–Kier alpha value is -1.97. The van der Waals surface area contributed by atoms with Crippen LogP contribution in [0.4, 0.5) is 5.69 Å². The second-order valence-electron chi connectivity index (χ2n) is 4.79. The van der Waals surface area contributed by atoms with Crippen LogP contribution in [-0.4, -0.2) is 37.7 Å². The SMILES string of the molecule is O=C(O)CCCN1C(=O)C(=Cc2ccc(Cl)cc2[N+](=O)[O-])SC1=S. The largest absolute Gasteiger partial charge is 0.481 e. The van der Waals surface area contributed by atoms with E-state index in [1.807, 2.05) is 0 Å². The number of aliphatic carboxylic acids is 1. The van der Waals surface area contributed by atoms with E-state index in [-0.39, 0.29) is 46.5 Å². The molecule has 1 saturated heterocycles. The maximum absolute atomic E-state index is 12.4. The molecule has 1 aromatic rings. The first-order valence-corrected chi connectivity index (χ1v) is 8.31. The van der Waals surface area contributed by atoms with Crippen molar-refractivity contribution < 1.29 is 19.6 Å². The molecular formula is C14H11ClN2O5S2. The highest BCUT2D eigenvalue weighted by Crippen LogP contribution is 2.35. The summed E-state index contributed by atoms with van der Waals surface area (Å²) in [6.07, 6.45) is 1.60. The minimum absolute atomic E-state index is 0.0707. The fourth-order valence-electron chi connectivity index (χ4n) is 2.02. The van der Waals surface area contributed by atoms with Gasteiger partial charge in [-0.05, 0) is 24.6 Å². The van der Waals surface area contributed by atoms with Crippen LogP contribution in [0.2, 0.25) is 5.02 Å². The normalized spacial score (nSPS) is 16.0. The van der Waals surface area contributed by atoms with Gasteiger partial charge >= 0.3 is 5.97 Å². The van der Waals surface area contributed by atoms with E-state index in [0.717, 1.165) is 11.8 Å². The van der Waals surface area contributed by atoms with Gasteiger partial charge in [0.25, 0.3) is 11.6 Å². The number of carboxylic acid groups (broad SMARTS) is 1. The van der Waals surface area contributed by atoms with E-state index in [1.54, 1.807) is 0 Å². The standard InChI is InChI=1S/C14H11ClN2O5S2/c15-9-4-3-8(10(7-9)17(21)22)6-11-13(20)16(14(23)24-11)5-1-2-12(18)19/h3-4,6-7H,1-2,5H2,(H,18,19). The average molecular weight is 387 g/mol. The minimum atomic E-state index is -0.951. The van der Waals surface area contributed by atoms with E-state index in [4.69, 9.17) is 28.9 Å². The van der Waals surface area contributed by atoms with Crippen molar-refractivity contribution in [2.45, 2.75) is 12.8 Å². The molecule has 1 aliphatic rings. The number of carbonyl (C=O) groups is 2. The van der Waals surface area contributed by atoms with Gasteiger partial charge in [-0.2, -0.15) is 0 Å². The third kappa shape index (κ3) is 4.31. The molecule has 126 valence electrons. The van der Waals surface area contributed by atoms with Crippen molar-refractivity contribution in [2.24, 2.45) is 0 Å². The molecule has 1 aromatic carbocycles. The van der Waals surface area contributed by atoms with E-state index in [0.29, 0.717) is 4.32 Å². The van der Waals surface area contributed by atoms with E-state index in [9.17, 15) is 19.7 Å². The van der Waals surface area contributed by atoms with Crippen LogP contribution in [-0.2, 0) is 9.59 Å². The molecule has 2 rings (SSSR count). The first-order chi connectivity index (χ1) is 11.3. The molecule has 0 unspecified atom stereocenters. The van der Waals surface area contributed by atoms with Crippen LogP contribution >= 0.6 is 35.6 Å². The summed E-state index contributed by atoms with van der Waals surface area (Å²) < 4.78 is 0.299. The Labute approximate surface area is 151 Å². The number of amides is 1. The Morgan fingerprint density at radius 3 is 2.83 bits per heavy atom. The van der Waals surface area contributed by atoms with Gasteiger partial charge in [-0.15, -0.1) is 0 Å². The molecule has 0 aliphatic carbocycles. The number of hydrogen-bond acceptors (Lipinski definition) is 6. The highest BCUT2D eigenvalue weighted by Gasteiger charge is 2.32. The number of halogens is 1. The first kappa shape index (κ1) is 18.4. The number of rotatable bonds is 6. The molecular weight excluding hydrogens is 376 g/mol. The number of nitrogens with zero attached hydrogens (tertiary/aromatic N) is 2. The number of carbonyl (C=O) groups excluding carboxylic acids is 1. The van der Waals surface area contributed by atoms with E-state index in [1.165, 1.54) is 29.2 Å². The predicted molar refractivity (Wildman–Crippen MR) is 94.9 cm³/mol. The van der Waals surface area contributed by atoms with Gasteiger partial charge in [0.2, 0.25) is 0 Å². The zero-order valence-electron chi connectivity index (χ0n) is 12.1. The Morgan fingerprint density at radius 2 is 2.21 bits per heavy atom. The lowest BCUT2D eigenvalue weighted by Crippen LogP contribution is -2.29. The van der Waals surface area contributed by atoms with Crippen molar-refractivity contribution in [3.05, 3.63) is 43.8 Å². The Bertz CT molecular complexity index is 766. The Balaban J connectivity index is 2.23. The molecule has 0 atom stereocenters. The molecule has 7 nitrogen and oxygen atoms in total. The molecule has 0 radical (unpaired) electrons. The Kier molecular flexibility index (Phi) is 5.92. The third-order valence-corrected chi connectivity index (χ3v) is 4.73. The van der Waals surface area contributed by atoms with Crippen LogP contribution in [0.1, 0.15) is 18.4 Å². The number of nitro groups is 1. The average Bonchev–Trinajstić information content (AvgIpc) is 2.76. The number of carboxylic acids is 1. The number of benzene rings is 1. The van der Waals surface area contributed by atoms with Gasteiger partial charge in [-0.1, -0.05) is 35.6 Å². The van der Waals surface area contributed by atoms with Crippen molar-refractivity contribution in [2.75, 3.05) is 6.54 Å². The summed E-state index contributed by atoms with van der Waals surface area (Å²) in [6, 6.07) is 4.16. The monoisotopic (exact) mass is 386 g/mol. The summed E-state index contributed by atoms with van der Waals surface area (Å²) in [4.78, 5) is 35.0. The van der Waals surface area contributed by atoms with E-state index in [2.05, 4.69) is 0 Å². The maximum Gasteiger partial charge on any atom is 0.303 e. The van der Waals surface area contributed by atoms with Crippen LogP contribution in [0.5, 0.6) is 0 Å². The van der Waals surface area contributed by atoms with Crippen LogP contribution in [0, 0.1) is 10.1 Å². The quantitative estimate of drug-likeness (QED) is 0.346. The molecule has 1 amide bonds. The van der Waals surface area contributed by atoms with Crippen molar-refractivity contribution >= 4 is 63.5 Å². The molecule has 1 N–H and O–H groups in total. The van der Waals surface area contributed by atoms with Gasteiger partial charge in [0.05, 0.1) is 15.4 Å². The topological polar surface area (TPSA) is 101 Å². The van der Waals surface area contributed by atoms with Gasteiger partial charge in [0, 0.05) is 24.1 Å². The third-order valence-electron chi connectivity index (χ3n) is 3.12. The lowest BCUT2D eigenvalue weighted by atomic mass is 10.1. The second-order valence-corrected chi connectivity index (χ2v) is 6.90. The highest BCUT2D eigenvalue weighted by atomic mass is 35.5. The summed E-state index contributed by atoms with van der Waals surface area (Å²) in [6.45, 7) is 0.191. The maximum atomic E-state index is 12.4. The lowest BCUT2D eigenvalue weighted by molar-refractivity contribution is -0.385. The fourth-order valence-corrected chi connectivity index (χ4v) is 3.49. The summed E-state index contributed by atoms with van der Waals surface area (Å²) >= 11 is 11.9. The molecule has 0 aromatic heterocycles. The van der Waals surface area contributed by atoms with E-state index < -0.39 is 10.9 Å². The summed E-state index contributed by atoms with van der Waals surface area (Å²) in [5.74, 6) is -1.34. The molecule has 1 heterocycles. The highest BCUT2D eigenvalue weighted by molar-refractivity contribution is 8.26. The summed E-state index contributed by atoms with van der Waals surface area (Å²) in [5, 5.41) is 20.0. The van der Waals surface area contributed by atoms with Gasteiger partial charge in [-0.3, -0.25) is 24.6 Å². The van der Waals surface area contributed by atoms with Gasteiger partial charge in [-0.25, -0.2) is 0 Å². The van der Waals surface area contributed by atoms with Crippen LogP contribution < -0.4 is 0 Å². The lowest BCUT2D eigenvalue weighted by Gasteiger charge is -2.13. The zero-order valence-corrected chi connectivity index (χ0v) is 14.5. The fraction of sp³-hybridized carbons (Fsp3) is 0.214. The smallest absolute Gasteiger partial charge is 0.303 e. The van der Waals surface area contributed by atoms with Crippen molar-refractivity contribution in [1.82, 2.24) is 4.90 Å². The van der Waals surface area contributed by atoms with Crippen LogP contribution in [0.25, 0.3) is 6.08 Å². The van der Waals surface area contributed by atoms with Gasteiger partial charge in [0.15, 0.2) is 0 Å². The van der Waals surface area contributed by atoms with Gasteiger partial charge in [0.1, 0.15) is 4.32 Å². The molecule has 0 saturated carbocycles. The molecule has 10 heteroatoms. The zero-order chi connectivity index (χ0) is 17.9. The predicted octanol–water partition coefficient (Wildman–Crippen LogP) is 3.31. The Morgan fingerprint density at radius 1 is 1.50 bits per heavy atom. The summed E-state index contributed by atoms with van der Waals surface area (Å²) in [7, 11) is 0. The van der Waals surface area contributed by atoms with Gasteiger partial charge < -0.3 is 5.11 Å². The molecule has 0 bridgehead atoms. The number of hydrogen-bond donors (Lipinski definition) is 1. The minimum Gasteiger partial charge on any atom is -0.481 e. The molecule has 1 fully saturated rings. The molecule has 24 heavy (non-hydrogen) atoms. The molecule has 1 aliphatic heterocycles. The van der Waals surface area contributed by atoms with Crippen LogP contribution in [0.15, 0.2) is 23.1 Å². The van der Waals surface area contributed by atoms with Crippen LogP contribution in [0.3, 0.4) is 0 Å². The van der Waals surface area contributed by atoms with Crippen molar-refractivity contribution in [3.8, 4) is 0 Å². The number of nitro benzene ring substituents is 1. The number of thioether (sulfide) groups is 1. The summed E-state index contributed by atoms with van der Waals surface area (Å²) in [5.41, 5.74) is 0.0362.